The number of hydrogen-bond donors (Lipinski definition) is 1. The highest BCUT2D eigenvalue weighted by Gasteiger charge is 2.30. The SMILES string of the molecule is COc1ccc(-c2cc(C(=O)NC[C@@H](c3ccc(C(F)(F)F)cc3)N(C)C)no2)cc1. The maximum absolute atomic E-state index is 12.8. The van der Waals surface area contributed by atoms with Crippen molar-refractivity contribution in [1.82, 2.24) is 15.4 Å². The van der Waals surface area contributed by atoms with E-state index in [1.165, 1.54) is 18.2 Å². The Labute approximate surface area is 177 Å². The summed E-state index contributed by atoms with van der Waals surface area (Å²) in [4.78, 5) is 14.3. The zero-order valence-electron chi connectivity index (χ0n) is 17.2. The molecule has 164 valence electrons. The van der Waals surface area contributed by atoms with Crippen LogP contribution in [0.25, 0.3) is 11.3 Å². The number of nitrogens with one attached hydrogen (secondary N) is 1. The molecule has 0 aliphatic rings. The van der Waals surface area contributed by atoms with Crippen molar-refractivity contribution in [2.45, 2.75) is 12.2 Å². The van der Waals surface area contributed by atoms with Crippen LogP contribution in [0, 0.1) is 0 Å². The van der Waals surface area contributed by atoms with Crippen LogP contribution in [0.2, 0.25) is 0 Å². The lowest BCUT2D eigenvalue weighted by molar-refractivity contribution is -0.137. The zero-order chi connectivity index (χ0) is 22.6. The van der Waals surface area contributed by atoms with Gasteiger partial charge in [0, 0.05) is 18.2 Å². The summed E-state index contributed by atoms with van der Waals surface area (Å²) >= 11 is 0. The van der Waals surface area contributed by atoms with Gasteiger partial charge in [-0.15, -0.1) is 0 Å². The van der Waals surface area contributed by atoms with E-state index in [2.05, 4.69) is 10.5 Å². The van der Waals surface area contributed by atoms with Crippen molar-refractivity contribution in [1.29, 1.82) is 0 Å². The van der Waals surface area contributed by atoms with Crippen LogP contribution >= 0.6 is 0 Å². The molecule has 0 spiro atoms. The Balaban J connectivity index is 1.67. The molecule has 9 heteroatoms. The predicted octanol–water partition coefficient (Wildman–Crippen LogP) is 4.40. The lowest BCUT2D eigenvalue weighted by Gasteiger charge is -2.25. The summed E-state index contributed by atoms with van der Waals surface area (Å²) in [5.41, 5.74) is 0.780. The number of amides is 1. The molecule has 0 fully saturated rings. The maximum Gasteiger partial charge on any atom is 0.416 e. The van der Waals surface area contributed by atoms with Crippen molar-refractivity contribution in [3.8, 4) is 17.1 Å². The molecular formula is C22H22F3N3O3. The van der Waals surface area contributed by atoms with Gasteiger partial charge < -0.3 is 19.5 Å². The van der Waals surface area contributed by atoms with Crippen LogP contribution in [-0.2, 0) is 6.18 Å². The summed E-state index contributed by atoms with van der Waals surface area (Å²) in [5.74, 6) is 0.682. The molecule has 3 aromatic rings. The molecule has 1 amide bonds. The number of benzene rings is 2. The van der Waals surface area contributed by atoms with Gasteiger partial charge in [-0.2, -0.15) is 13.2 Å². The number of hydrogen-bond acceptors (Lipinski definition) is 5. The number of carbonyl (C=O) groups is 1. The molecule has 0 bridgehead atoms. The van der Waals surface area contributed by atoms with Gasteiger partial charge in [0.2, 0.25) is 0 Å². The number of nitrogens with zero attached hydrogens (tertiary/aromatic N) is 2. The number of carbonyl (C=O) groups excluding carboxylic acids is 1. The third kappa shape index (κ3) is 5.43. The van der Waals surface area contributed by atoms with Gasteiger partial charge in [-0.3, -0.25) is 4.79 Å². The molecular weight excluding hydrogens is 411 g/mol. The minimum absolute atomic E-state index is 0.107. The number of ether oxygens (including phenoxy) is 1. The predicted molar refractivity (Wildman–Crippen MR) is 109 cm³/mol. The van der Waals surface area contributed by atoms with Gasteiger partial charge in [-0.25, -0.2) is 0 Å². The van der Waals surface area contributed by atoms with Crippen LogP contribution in [0.5, 0.6) is 5.75 Å². The molecule has 0 radical (unpaired) electrons. The molecule has 3 rings (SSSR count). The number of methoxy groups -OCH3 is 1. The standard InChI is InChI=1S/C22H22F3N3O3/c1-28(2)19(14-4-8-16(9-5-14)22(23,24)25)13-26-21(29)18-12-20(31-27-18)15-6-10-17(30-3)11-7-15/h4-12,19H,13H2,1-3H3,(H,26,29)/t19-/m0/s1. The van der Waals surface area contributed by atoms with Crippen LogP contribution in [-0.4, -0.2) is 43.7 Å². The number of aromatic nitrogens is 1. The van der Waals surface area contributed by atoms with E-state index in [0.717, 1.165) is 17.7 Å². The molecule has 0 aliphatic heterocycles. The Morgan fingerprint density at radius 3 is 2.32 bits per heavy atom. The molecule has 0 aliphatic carbocycles. The summed E-state index contributed by atoms with van der Waals surface area (Å²) in [6.07, 6.45) is -4.39. The van der Waals surface area contributed by atoms with Crippen LogP contribution < -0.4 is 10.1 Å². The van der Waals surface area contributed by atoms with E-state index in [0.29, 0.717) is 17.1 Å². The van der Waals surface area contributed by atoms with E-state index < -0.39 is 17.6 Å². The van der Waals surface area contributed by atoms with Crippen molar-refractivity contribution in [2.24, 2.45) is 0 Å². The summed E-state index contributed by atoms with van der Waals surface area (Å²) in [5, 5.41) is 6.57. The number of alkyl halides is 3. The largest absolute Gasteiger partial charge is 0.497 e. The van der Waals surface area contributed by atoms with Gasteiger partial charge in [-0.05, 0) is 56.1 Å². The summed E-state index contributed by atoms with van der Waals surface area (Å²) in [7, 11) is 5.14. The summed E-state index contributed by atoms with van der Waals surface area (Å²) in [6, 6.07) is 13.2. The Hall–Kier alpha value is -3.33. The summed E-state index contributed by atoms with van der Waals surface area (Å²) < 4.78 is 48.8. The quantitative estimate of drug-likeness (QED) is 0.598. The van der Waals surface area contributed by atoms with Crippen molar-refractivity contribution in [3.05, 3.63) is 71.4 Å². The smallest absolute Gasteiger partial charge is 0.416 e. The minimum Gasteiger partial charge on any atom is -0.497 e. The molecule has 0 unspecified atom stereocenters. The average molecular weight is 433 g/mol. The van der Waals surface area contributed by atoms with Crippen molar-refractivity contribution < 1.29 is 27.2 Å². The zero-order valence-corrected chi connectivity index (χ0v) is 17.2. The van der Waals surface area contributed by atoms with E-state index in [4.69, 9.17) is 9.26 Å². The Morgan fingerprint density at radius 2 is 1.77 bits per heavy atom. The topological polar surface area (TPSA) is 67.6 Å². The molecule has 1 atom stereocenters. The minimum atomic E-state index is -4.39. The third-order valence-corrected chi connectivity index (χ3v) is 4.82. The van der Waals surface area contributed by atoms with Crippen LogP contribution in [0.4, 0.5) is 13.2 Å². The Morgan fingerprint density at radius 1 is 1.13 bits per heavy atom. The maximum atomic E-state index is 12.8. The van der Waals surface area contributed by atoms with Gasteiger partial charge in [-0.1, -0.05) is 17.3 Å². The van der Waals surface area contributed by atoms with Gasteiger partial charge in [0.05, 0.1) is 18.7 Å². The summed E-state index contributed by atoms with van der Waals surface area (Å²) in [6.45, 7) is 0.182. The fraction of sp³-hybridized carbons (Fsp3) is 0.273. The van der Waals surface area contributed by atoms with Crippen molar-refractivity contribution in [3.63, 3.8) is 0 Å². The molecule has 0 saturated carbocycles. The molecule has 1 N–H and O–H groups in total. The Bertz CT molecular complexity index is 1010. The van der Waals surface area contributed by atoms with Crippen LogP contribution in [0.15, 0.2) is 59.1 Å². The third-order valence-electron chi connectivity index (χ3n) is 4.82. The lowest BCUT2D eigenvalue weighted by Crippen LogP contribution is -2.34. The van der Waals surface area contributed by atoms with E-state index in [1.54, 1.807) is 45.5 Å². The molecule has 0 saturated heterocycles. The average Bonchev–Trinajstić information content (AvgIpc) is 3.24. The first kappa shape index (κ1) is 22.4. The van der Waals surface area contributed by atoms with Gasteiger partial charge in [0.15, 0.2) is 11.5 Å². The normalized spacial score (nSPS) is 12.6. The Kier molecular flexibility index (Phi) is 6.65. The van der Waals surface area contributed by atoms with Crippen molar-refractivity contribution in [2.75, 3.05) is 27.7 Å². The highest BCUT2D eigenvalue weighted by molar-refractivity contribution is 5.93. The molecule has 2 aromatic carbocycles. The van der Waals surface area contributed by atoms with Gasteiger partial charge in [0.1, 0.15) is 5.75 Å². The molecule has 1 aromatic heterocycles. The molecule has 31 heavy (non-hydrogen) atoms. The van der Waals surface area contributed by atoms with E-state index in [-0.39, 0.29) is 18.3 Å². The molecule has 6 nitrogen and oxygen atoms in total. The second-order valence-electron chi connectivity index (χ2n) is 7.11. The van der Waals surface area contributed by atoms with Crippen molar-refractivity contribution >= 4 is 5.91 Å². The van der Waals surface area contributed by atoms with E-state index >= 15 is 0 Å². The van der Waals surface area contributed by atoms with Crippen LogP contribution in [0.1, 0.15) is 27.7 Å². The van der Waals surface area contributed by atoms with Gasteiger partial charge in [0.25, 0.3) is 5.91 Å². The fourth-order valence-electron chi connectivity index (χ4n) is 3.05. The number of likely N-dealkylation sites (N-methyl/N-ethyl adjacent to an activating group) is 1. The fourth-order valence-corrected chi connectivity index (χ4v) is 3.05. The highest BCUT2D eigenvalue weighted by atomic mass is 19.4. The first-order valence-electron chi connectivity index (χ1n) is 9.42. The second-order valence-corrected chi connectivity index (χ2v) is 7.11. The van der Waals surface area contributed by atoms with E-state index in [9.17, 15) is 18.0 Å². The van der Waals surface area contributed by atoms with Gasteiger partial charge >= 0.3 is 6.18 Å². The van der Waals surface area contributed by atoms with E-state index in [1.807, 2.05) is 4.90 Å². The number of halogens is 3. The molecule has 1 heterocycles. The monoisotopic (exact) mass is 433 g/mol. The first-order valence-corrected chi connectivity index (χ1v) is 9.42. The second kappa shape index (κ2) is 9.22. The lowest BCUT2D eigenvalue weighted by atomic mass is 10.0. The highest BCUT2D eigenvalue weighted by Crippen LogP contribution is 2.30. The van der Waals surface area contributed by atoms with Crippen LogP contribution in [0.3, 0.4) is 0 Å². The number of rotatable bonds is 7. The first-order chi connectivity index (χ1) is 14.7.